The Morgan fingerprint density at radius 2 is 2.00 bits per heavy atom. The maximum Gasteiger partial charge on any atom is 0.146 e. The Hall–Kier alpha value is -2.01. The third kappa shape index (κ3) is 3.01. The molecule has 0 spiro atoms. The standard InChI is InChI=1S/C13H12FN3S/c14-11-7-10(13(15)18)1-2-12(11)17-8-9-3-5-16-6-4-9/h1-7,17H,8H2,(H2,15,18). The molecule has 0 aliphatic carbocycles. The van der Waals surface area contributed by atoms with E-state index in [1.807, 2.05) is 12.1 Å². The fraction of sp³-hybridized carbons (Fsp3) is 0.0769. The molecule has 0 saturated carbocycles. The Bertz CT molecular complexity index is 557. The minimum atomic E-state index is -0.366. The highest BCUT2D eigenvalue weighted by molar-refractivity contribution is 7.80. The van der Waals surface area contributed by atoms with Crippen molar-refractivity contribution >= 4 is 22.9 Å². The number of anilines is 1. The number of nitrogens with zero attached hydrogens (tertiary/aromatic N) is 1. The topological polar surface area (TPSA) is 50.9 Å². The predicted molar refractivity (Wildman–Crippen MR) is 73.9 cm³/mol. The molecule has 0 aliphatic heterocycles. The fourth-order valence-corrected chi connectivity index (χ4v) is 1.64. The average Bonchev–Trinajstić information content (AvgIpc) is 2.38. The van der Waals surface area contributed by atoms with E-state index in [0.717, 1.165) is 5.56 Å². The van der Waals surface area contributed by atoms with Crippen molar-refractivity contribution in [2.75, 3.05) is 5.32 Å². The van der Waals surface area contributed by atoms with Crippen molar-refractivity contribution in [3.63, 3.8) is 0 Å². The molecule has 3 nitrogen and oxygen atoms in total. The molecule has 0 saturated heterocycles. The van der Waals surface area contributed by atoms with E-state index in [-0.39, 0.29) is 10.8 Å². The van der Waals surface area contributed by atoms with Crippen LogP contribution in [0.4, 0.5) is 10.1 Å². The second-order valence-corrected chi connectivity index (χ2v) is 4.21. The number of aromatic nitrogens is 1. The lowest BCUT2D eigenvalue weighted by atomic mass is 10.2. The van der Waals surface area contributed by atoms with E-state index in [9.17, 15) is 4.39 Å². The zero-order valence-electron chi connectivity index (χ0n) is 9.56. The van der Waals surface area contributed by atoms with Gasteiger partial charge in [0, 0.05) is 24.5 Å². The number of rotatable bonds is 4. The van der Waals surface area contributed by atoms with E-state index in [1.165, 1.54) is 6.07 Å². The predicted octanol–water partition coefficient (Wildman–Crippen LogP) is 2.47. The van der Waals surface area contributed by atoms with E-state index in [4.69, 9.17) is 18.0 Å². The van der Waals surface area contributed by atoms with Gasteiger partial charge in [0.25, 0.3) is 0 Å². The van der Waals surface area contributed by atoms with Gasteiger partial charge in [0.1, 0.15) is 10.8 Å². The maximum absolute atomic E-state index is 13.7. The quantitative estimate of drug-likeness (QED) is 0.830. The molecule has 0 radical (unpaired) electrons. The summed E-state index contributed by atoms with van der Waals surface area (Å²) in [6.45, 7) is 0.534. The number of hydrogen-bond acceptors (Lipinski definition) is 3. The zero-order valence-corrected chi connectivity index (χ0v) is 10.4. The van der Waals surface area contributed by atoms with Gasteiger partial charge in [-0.05, 0) is 35.9 Å². The minimum absolute atomic E-state index is 0.189. The number of pyridine rings is 1. The molecule has 5 heteroatoms. The summed E-state index contributed by atoms with van der Waals surface area (Å²) in [6, 6.07) is 8.39. The van der Waals surface area contributed by atoms with Gasteiger partial charge in [-0.25, -0.2) is 4.39 Å². The van der Waals surface area contributed by atoms with Crippen LogP contribution >= 0.6 is 12.2 Å². The van der Waals surface area contributed by atoms with E-state index in [2.05, 4.69) is 10.3 Å². The highest BCUT2D eigenvalue weighted by Gasteiger charge is 2.04. The van der Waals surface area contributed by atoms with Gasteiger partial charge in [0.05, 0.1) is 5.69 Å². The van der Waals surface area contributed by atoms with Crippen molar-refractivity contribution in [2.24, 2.45) is 5.73 Å². The first kappa shape index (κ1) is 12.4. The number of hydrogen-bond donors (Lipinski definition) is 2. The third-order valence-corrected chi connectivity index (χ3v) is 2.72. The van der Waals surface area contributed by atoms with Crippen LogP contribution in [0.5, 0.6) is 0 Å². The summed E-state index contributed by atoms with van der Waals surface area (Å²) in [5, 5.41) is 3.01. The molecule has 1 aromatic heterocycles. The first-order chi connectivity index (χ1) is 8.66. The maximum atomic E-state index is 13.7. The van der Waals surface area contributed by atoms with Crippen molar-refractivity contribution in [1.82, 2.24) is 4.98 Å². The summed E-state index contributed by atoms with van der Waals surface area (Å²) in [5.74, 6) is -0.366. The second-order valence-electron chi connectivity index (χ2n) is 3.77. The van der Waals surface area contributed by atoms with Gasteiger partial charge >= 0.3 is 0 Å². The highest BCUT2D eigenvalue weighted by atomic mass is 32.1. The number of nitrogens with one attached hydrogen (secondary N) is 1. The number of benzene rings is 1. The van der Waals surface area contributed by atoms with Gasteiger partial charge in [-0.1, -0.05) is 12.2 Å². The van der Waals surface area contributed by atoms with Crippen molar-refractivity contribution in [1.29, 1.82) is 0 Å². The van der Waals surface area contributed by atoms with Crippen molar-refractivity contribution in [3.8, 4) is 0 Å². The van der Waals surface area contributed by atoms with E-state index >= 15 is 0 Å². The van der Waals surface area contributed by atoms with Gasteiger partial charge in [0.15, 0.2) is 0 Å². The number of nitrogens with two attached hydrogens (primary N) is 1. The SMILES string of the molecule is NC(=S)c1ccc(NCc2ccncc2)c(F)c1. The molecule has 92 valence electrons. The zero-order chi connectivity index (χ0) is 13.0. The monoisotopic (exact) mass is 261 g/mol. The Morgan fingerprint density at radius 3 is 2.61 bits per heavy atom. The van der Waals surface area contributed by atoms with E-state index < -0.39 is 0 Å². The molecule has 18 heavy (non-hydrogen) atoms. The molecule has 0 atom stereocenters. The molecule has 0 amide bonds. The first-order valence-corrected chi connectivity index (χ1v) is 5.80. The Morgan fingerprint density at radius 1 is 1.28 bits per heavy atom. The number of thiocarbonyl (C=S) groups is 1. The molecular weight excluding hydrogens is 249 g/mol. The van der Waals surface area contributed by atoms with E-state index in [0.29, 0.717) is 17.8 Å². The molecule has 1 heterocycles. The Balaban J connectivity index is 2.08. The Labute approximate surface area is 110 Å². The van der Waals surface area contributed by atoms with Gasteiger partial charge in [-0.15, -0.1) is 0 Å². The second kappa shape index (κ2) is 5.55. The molecule has 0 aliphatic rings. The lowest BCUT2D eigenvalue weighted by molar-refractivity contribution is 0.630. The van der Waals surface area contributed by atoms with Crippen molar-refractivity contribution < 1.29 is 4.39 Å². The normalized spacial score (nSPS) is 10.1. The van der Waals surface area contributed by atoms with Crippen molar-refractivity contribution in [2.45, 2.75) is 6.54 Å². The average molecular weight is 261 g/mol. The molecule has 0 unspecified atom stereocenters. The van der Waals surface area contributed by atoms with E-state index in [1.54, 1.807) is 24.5 Å². The van der Waals surface area contributed by atoms with Crippen molar-refractivity contribution in [3.05, 3.63) is 59.7 Å². The van der Waals surface area contributed by atoms with Crippen LogP contribution in [0.3, 0.4) is 0 Å². The first-order valence-electron chi connectivity index (χ1n) is 5.39. The fourth-order valence-electron chi connectivity index (χ4n) is 1.51. The summed E-state index contributed by atoms with van der Waals surface area (Å²) in [7, 11) is 0. The van der Waals surface area contributed by atoms with Crippen LogP contribution in [-0.2, 0) is 6.54 Å². The summed E-state index contributed by atoms with van der Waals surface area (Å²) < 4.78 is 13.7. The molecule has 2 rings (SSSR count). The van der Waals surface area contributed by atoms with Gasteiger partial charge in [-0.3, -0.25) is 4.98 Å². The number of halogens is 1. The summed E-state index contributed by atoms with van der Waals surface area (Å²) in [5.41, 5.74) is 7.41. The highest BCUT2D eigenvalue weighted by Crippen LogP contribution is 2.16. The van der Waals surface area contributed by atoms with Crippen LogP contribution in [0.1, 0.15) is 11.1 Å². The van der Waals surface area contributed by atoms with Gasteiger partial charge in [-0.2, -0.15) is 0 Å². The van der Waals surface area contributed by atoms with Crippen LogP contribution in [0.25, 0.3) is 0 Å². The summed E-state index contributed by atoms with van der Waals surface area (Å²) >= 11 is 4.79. The molecule has 2 aromatic rings. The molecule has 0 fully saturated rings. The molecular formula is C13H12FN3S. The lowest BCUT2D eigenvalue weighted by Crippen LogP contribution is -2.10. The molecule has 1 aromatic carbocycles. The summed E-state index contributed by atoms with van der Waals surface area (Å²) in [4.78, 5) is 4.11. The largest absolute Gasteiger partial charge is 0.389 e. The summed E-state index contributed by atoms with van der Waals surface area (Å²) in [6.07, 6.45) is 3.40. The van der Waals surface area contributed by atoms with Gasteiger partial charge in [0.2, 0.25) is 0 Å². The lowest BCUT2D eigenvalue weighted by Gasteiger charge is -2.08. The third-order valence-electron chi connectivity index (χ3n) is 2.49. The smallest absolute Gasteiger partial charge is 0.146 e. The Kier molecular flexibility index (Phi) is 3.84. The van der Waals surface area contributed by atoms with Crippen LogP contribution in [0.15, 0.2) is 42.7 Å². The molecule has 0 bridgehead atoms. The molecule has 3 N–H and O–H groups in total. The van der Waals surface area contributed by atoms with Gasteiger partial charge < -0.3 is 11.1 Å². The van der Waals surface area contributed by atoms with Crippen LogP contribution in [0, 0.1) is 5.82 Å². The van der Waals surface area contributed by atoms with Crippen LogP contribution < -0.4 is 11.1 Å². The minimum Gasteiger partial charge on any atom is -0.389 e. The van der Waals surface area contributed by atoms with Crippen LogP contribution in [-0.4, -0.2) is 9.97 Å². The van der Waals surface area contributed by atoms with Crippen LogP contribution in [0.2, 0.25) is 0 Å².